The summed E-state index contributed by atoms with van der Waals surface area (Å²) in [5, 5.41) is 13.9. The highest BCUT2D eigenvalue weighted by molar-refractivity contribution is 7.20. The lowest BCUT2D eigenvalue weighted by Gasteiger charge is -2.33. The zero-order chi connectivity index (χ0) is 14.0. The number of aliphatic hydroxyl groups is 1. The molecule has 6 heteroatoms. The molecule has 0 saturated carbocycles. The minimum atomic E-state index is -0.593. The second-order valence-electron chi connectivity index (χ2n) is 4.85. The van der Waals surface area contributed by atoms with Crippen molar-refractivity contribution in [2.75, 3.05) is 13.7 Å². The van der Waals surface area contributed by atoms with Gasteiger partial charge < -0.3 is 10.0 Å². The Hall–Kier alpha value is -1.24. The Bertz CT molecular complexity index is 561. The fourth-order valence-electron chi connectivity index (χ4n) is 1.44. The number of rotatable bonds is 4. The highest BCUT2D eigenvalue weighted by atomic mass is 32.1. The van der Waals surface area contributed by atoms with E-state index in [0.29, 0.717) is 5.69 Å². The predicted octanol–water partition coefficient (Wildman–Crippen LogP) is 2.71. The number of aromatic nitrogens is 1. The number of thiophene rings is 1. The van der Waals surface area contributed by atoms with E-state index in [0.717, 1.165) is 9.88 Å². The van der Waals surface area contributed by atoms with E-state index in [1.165, 1.54) is 16.2 Å². The van der Waals surface area contributed by atoms with Gasteiger partial charge in [-0.3, -0.25) is 4.79 Å². The molecule has 1 amide bonds. The molecule has 0 aliphatic heterocycles. The van der Waals surface area contributed by atoms with Gasteiger partial charge >= 0.3 is 0 Å². The summed E-state index contributed by atoms with van der Waals surface area (Å²) in [5.74, 6) is -0.168. The maximum Gasteiger partial charge on any atom is 0.273 e. The minimum absolute atomic E-state index is 0.0862. The summed E-state index contributed by atoms with van der Waals surface area (Å²) in [4.78, 5) is 19.3. The first-order valence-electron chi connectivity index (χ1n) is 5.84. The Morgan fingerprint density at radius 1 is 1.47 bits per heavy atom. The second-order valence-corrected chi connectivity index (χ2v) is 6.66. The molecule has 2 heterocycles. The first kappa shape index (κ1) is 14.2. The van der Waals surface area contributed by atoms with Crippen molar-refractivity contribution >= 4 is 28.6 Å². The number of nitrogens with zero attached hydrogens (tertiary/aromatic N) is 2. The van der Waals surface area contributed by atoms with Crippen LogP contribution < -0.4 is 0 Å². The van der Waals surface area contributed by atoms with E-state index < -0.39 is 5.54 Å². The van der Waals surface area contributed by atoms with Gasteiger partial charge in [0.1, 0.15) is 10.7 Å². The maximum atomic E-state index is 12.3. The number of carbonyl (C=O) groups excluding carboxylic acids is 1. The average Bonchev–Trinajstić information content (AvgIpc) is 3.06. The van der Waals surface area contributed by atoms with Gasteiger partial charge in [0.25, 0.3) is 5.91 Å². The SMILES string of the molecule is CN(C(=O)c1csc(-c2cccs2)n1)C(C)(C)CO. The number of likely N-dealkylation sites (N-methyl/N-ethyl adjacent to an activating group) is 1. The van der Waals surface area contributed by atoms with E-state index in [9.17, 15) is 9.90 Å². The molecule has 0 fully saturated rings. The van der Waals surface area contributed by atoms with Gasteiger partial charge in [0.2, 0.25) is 0 Å². The monoisotopic (exact) mass is 296 g/mol. The molecular formula is C13H16N2O2S2. The quantitative estimate of drug-likeness (QED) is 0.944. The minimum Gasteiger partial charge on any atom is -0.394 e. The van der Waals surface area contributed by atoms with Gasteiger partial charge in [-0.2, -0.15) is 0 Å². The van der Waals surface area contributed by atoms with Crippen molar-refractivity contribution < 1.29 is 9.90 Å². The van der Waals surface area contributed by atoms with Gasteiger partial charge in [-0.25, -0.2) is 4.98 Å². The number of carbonyl (C=O) groups is 1. The van der Waals surface area contributed by atoms with Crippen molar-refractivity contribution in [3.63, 3.8) is 0 Å². The molecule has 102 valence electrons. The lowest BCUT2D eigenvalue weighted by molar-refractivity contribution is 0.0468. The second kappa shape index (κ2) is 5.40. The van der Waals surface area contributed by atoms with Crippen LogP contribution in [0.2, 0.25) is 0 Å². The third-order valence-electron chi connectivity index (χ3n) is 3.05. The van der Waals surface area contributed by atoms with Crippen LogP contribution in [0.1, 0.15) is 24.3 Å². The van der Waals surface area contributed by atoms with E-state index in [4.69, 9.17) is 0 Å². The van der Waals surface area contributed by atoms with Crippen LogP contribution in [-0.2, 0) is 0 Å². The van der Waals surface area contributed by atoms with Crippen molar-refractivity contribution in [3.8, 4) is 9.88 Å². The Morgan fingerprint density at radius 2 is 2.21 bits per heavy atom. The smallest absolute Gasteiger partial charge is 0.273 e. The van der Waals surface area contributed by atoms with Crippen LogP contribution in [0.4, 0.5) is 0 Å². The summed E-state index contributed by atoms with van der Waals surface area (Å²) < 4.78 is 0. The van der Waals surface area contributed by atoms with Crippen molar-refractivity contribution in [3.05, 3.63) is 28.6 Å². The fourth-order valence-corrected chi connectivity index (χ4v) is 3.05. The van der Waals surface area contributed by atoms with Gasteiger partial charge in [0, 0.05) is 12.4 Å². The molecule has 0 radical (unpaired) electrons. The summed E-state index contributed by atoms with van der Waals surface area (Å²) in [5.41, 5.74) is -0.165. The van der Waals surface area contributed by atoms with Crippen molar-refractivity contribution in [2.24, 2.45) is 0 Å². The van der Waals surface area contributed by atoms with E-state index in [1.807, 2.05) is 31.4 Å². The average molecular weight is 296 g/mol. The number of amides is 1. The lowest BCUT2D eigenvalue weighted by Crippen LogP contribution is -2.47. The van der Waals surface area contributed by atoms with E-state index in [2.05, 4.69) is 4.98 Å². The summed E-state index contributed by atoms with van der Waals surface area (Å²) in [6.45, 7) is 3.55. The van der Waals surface area contributed by atoms with Crippen LogP contribution >= 0.6 is 22.7 Å². The molecule has 2 aromatic heterocycles. The molecule has 0 aliphatic carbocycles. The van der Waals surface area contributed by atoms with Crippen LogP contribution in [0.5, 0.6) is 0 Å². The molecule has 2 rings (SSSR count). The highest BCUT2D eigenvalue weighted by Gasteiger charge is 2.28. The number of thiazole rings is 1. The number of hydrogen-bond acceptors (Lipinski definition) is 5. The fraction of sp³-hybridized carbons (Fsp3) is 0.385. The molecule has 4 nitrogen and oxygen atoms in total. The normalized spacial score (nSPS) is 11.6. The van der Waals surface area contributed by atoms with Gasteiger partial charge in [0.15, 0.2) is 0 Å². The summed E-state index contributed by atoms with van der Waals surface area (Å²) in [6.07, 6.45) is 0. The standard InChI is InChI=1S/C13H16N2O2S2/c1-13(2,8-16)15(3)12(17)9-7-19-11(14-9)10-5-4-6-18-10/h4-7,16H,8H2,1-3H3. The van der Waals surface area contributed by atoms with Gasteiger partial charge in [-0.15, -0.1) is 22.7 Å². The zero-order valence-corrected chi connectivity index (χ0v) is 12.7. The Labute approximate surface area is 120 Å². The topological polar surface area (TPSA) is 53.4 Å². The molecule has 0 aromatic carbocycles. The first-order valence-corrected chi connectivity index (χ1v) is 7.60. The molecule has 0 atom stereocenters. The van der Waals surface area contributed by atoms with Crippen molar-refractivity contribution in [2.45, 2.75) is 19.4 Å². The summed E-state index contributed by atoms with van der Waals surface area (Å²) >= 11 is 3.06. The van der Waals surface area contributed by atoms with Gasteiger partial charge in [0.05, 0.1) is 17.0 Å². The van der Waals surface area contributed by atoms with Crippen molar-refractivity contribution in [1.82, 2.24) is 9.88 Å². The molecule has 1 N–H and O–H groups in total. The Morgan fingerprint density at radius 3 is 2.79 bits per heavy atom. The maximum absolute atomic E-state index is 12.3. The van der Waals surface area contributed by atoms with Crippen LogP contribution in [0.15, 0.2) is 22.9 Å². The highest BCUT2D eigenvalue weighted by Crippen LogP contribution is 2.28. The summed E-state index contributed by atoms with van der Waals surface area (Å²) in [6, 6.07) is 3.95. The van der Waals surface area contributed by atoms with Crippen LogP contribution in [0, 0.1) is 0 Å². The third-order valence-corrected chi connectivity index (χ3v) is 4.94. The Balaban J connectivity index is 2.21. The summed E-state index contributed by atoms with van der Waals surface area (Å²) in [7, 11) is 1.68. The molecule has 19 heavy (non-hydrogen) atoms. The van der Waals surface area contributed by atoms with Crippen LogP contribution in [0.25, 0.3) is 9.88 Å². The third kappa shape index (κ3) is 2.86. The predicted molar refractivity (Wildman–Crippen MR) is 78.7 cm³/mol. The Kier molecular flexibility index (Phi) is 4.03. The van der Waals surface area contributed by atoms with Crippen molar-refractivity contribution in [1.29, 1.82) is 0 Å². The van der Waals surface area contributed by atoms with Gasteiger partial charge in [-0.05, 0) is 25.3 Å². The molecule has 0 saturated heterocycles. The molecule has 2 aromatic rings. The van der Waals surface area contributed by atoms with E-state index in [1.54, 1.807) is 23.8 Å². The largest absolute Gasteiger partial charge is 0.394 e. The van der Waals surface area contributed by atoms with Gasteiger partial charge in [-0.1, -0.05) is 6.07 Å². The van der Waals surface area contributed by atoms with Crippen LogP contribution in [-0.4, -0.2) is 40.1 Å². The van der Waals surface area contributed by atoms with Crippen LogP contribution in [0.3, 0.4) is 0 Å². The first-order chi connectivity index (χ1) is 8.95. The molecule has 0 spiro atoms. The van der Waals surface area contributed by atoms with E-state index >= 15 is 0 Å². The lowest BCUT2D eigenvalue weighted by atomic mass is 10.1. The zero-order valence-electron chi connectivity index (χ0n) is 11.1. The molecule has 0 unspecified atom stereocenters. The number of aliphatic hydroxyl groups excluding tert-OH is 1. The number of hydrogen-bond donors (Lipinski definition) is 1. The molecule has 0 bridgehead atoms. The molecule has 0 aliphatic rings. The molecular weight excluding hydrogens is 280 g/mol. The van der Waals surface area contributed by atoms with E-state index in [-0.39, 0.29) is 12.5 Å².